The van der Waals surface area contributed by atoms with Gasteiger partial charge in [-0.25, -0.2) is 0 Å². The Hall–Kier alpha value is -0.300. The minimum Gasteiger partial charge on any atom is -0.393 e. The van der Waals surface area contributed by atoms with Gasteiger partial charge in [-0.05, 0) is 104 Å². The lowest BCUT2D eigenvalue weighted by Crippen LogP contribution is -2.50. The van der Waals surface area contributed by atoms with Crippen molar-refractivity contribution in [2.75, 3.05) is 0 Å². The van der Waals surface area contributed by atoms with Crippen LogP contribution in [0, 0.1) is 52.3 Å². The summed E-state index contributed by atoms with van der Waals surface area (Å²) >= 11 is 0. The second-order valence-corrected chi connectivity index (χ2v) is 12.7. The summed E-state index contributed by atoms with van der Waals surface area (Å²) < 4.78 is 0. The molecule has 1 N–H and O–H groups in total. The fourth-order valence-corrected chi connectivity index (χ4v) is 8.68. The molecule has 3 fully saturated rings. The van der Waals surface area contributed by atoms with Gasteiger partial charge < -0.3 is 5.11 Å². The first-order valence-electron chi connectivity index (χ1n) is 13.0. The number of aliphatic hydroxyl groups excluding tert-OH is 1. The molecule has 9 atom stereocenters. The topological polar surface area (TPSA) is 20.2 Å². The van der Waals surface area contributed by atoms with Crippen molar-refractivity contribution in [1.29, 1.82) is 0 Å². The van der Waals surface area contributed by atoms with Crippen molar-refractivity contribution >= 4 is 0 Å². The van der Waals surface area contributed by atoms with Gasteiger partial charge in [0.1, 0.15) is 0 Å². The third kappa shape index (κ3) is 3.66. The van der Waals surface area contributed by atoms with Crippen molar-refractivity contribution in [3.8, 4) is 0 Å². The Labute approximate surface area is 181 Å². The molecule has 0 bridgehead atoms. The van der Waals surface area contributed by atoms with Crippen LogP contribution in [0.2, 0.25) is 0 Å². The monoisotopic (exact) mass is 400 g/mol. The van der Waals surface area contributed by atoms with Gasteiger partial charge in [-0.3, -0.25) is 0 Å². The van der Waals surface area contributed by atoms with E-state index in [1.165, 1.54) is 51.4 Å². The van der Waals surface area contributed by atoms with Gasteiger partial charge >= 0.3 is 0 Å². The minimum atomic E-state index is -0.0790. The Morgan fingerprint density at radius 1 is 0.966 bits per heavy atom. The summed E-state index contributed by atoms with van der Waals surface area (Å²) in [6, 6.07) is 0. The van der Waals surface area contributed by atoms with Crippen LogP contribution in [0.25, 0.3) is 0 Å². The molecule has 0 amide bonds. The van der Waals surface area contributed by atoms with Crippen LogP contribution in [0.4, 0.5) is 0 Å². The maximum atomic E-state index is 10.2. The summed E-state index contributed by atoms with van der Waals surface area (Å²) in [7, 11) is 0. The van der Waals surface area contributed by atoms with Crippen LogP contribution in [0.5, 0.6) is 0 Å². The van der Waals surface area contributed by atoms with Crippen LogP contribution in [0.15, 0.2) is 11.6 Å². The van der Waals surface area contributed by atoms with Crippen molar-refractivity contribution < 1.29 is 5.11 Å². The van der Waals surface area contributed by atoms with Crippen molar-refractivity contribution in [2.45, 2.75) is 112 Å². The molecule has 0 aromatic rings. The molecule has 0 aromatic heterocycles. The first-order valence-corrected chi connectivity index (χ1v) is 13.0. The lowest BCUT2D eigenvalue weighted by Gasteiger charge is -2.58. The number of rotatable bonds is 5. The first kappa shape index (κ1) is 21.9. The van der Waals surface area contributed by atoms with Crippen molar-refractivity contribution in [2.24, 2.45) is 52.3 Å². The van der Waals surface area contributed by atoms with E-state index in [0.29, 0.717) is 10.8 Å². The molecule has 0 saturated heterocycles. The van der Waals surface area contributed by atoms with Gasteiger partial charge in [0.25, 0.3) is 0 Å². The smallest absolute Gasteiger partial charge is 0.0577 e. The van der Waals surface area contributed by atoms with Crippen LogP contribution in [-0.4, -0.2) is 11.2 Å². The van der Waals surface area contributed by atoms with E-state index in [-0.39, 0.29) is 6.10 Å². The normalized spacial score (nSPS) is 46.5. The molecular formula is C28H48O. The zero-order valence-corrected chi connectivity index (χ0v) is 20.2. The van der Waals surface area contributed by atoms with Crippen LogP contribution in [0.3, 0.4) is 0 Å². The molecule has 0 aromatic carbocycles. The largest absolute Gasteiger partial charge is 0.393 e. The van der Waals surface area contributed by atoms with Crippen LogP contribution in [-0.2, 0) is 0 Å². The predicted molar refractivity (Wildman–Crippen MR) is 124 cm³/mol. The quantitative estimate of drug-likeness (QED) is 0.470. The fourth-order valence-electron chi connectivity index (χ4n) is 8.68. The van der Waals surface area contributed by atoms with E-state index >= 15 is 0 Å². The van der Waals surface area contributed by atoms with E-state index in [4.69, 9.17) is 0 Å². The molecule has 4 aliphatic rings. The maximum Gasteiger partial charge on any atom is 0.0577 e. The molecule has 4 rings (SSSR count). The van der Waals surface area contributed by atoms with Crippen LogP contribution < -0.4 is 0 Å². The summed E-state index contributed by atoms with van der Waals surface area (Å²) in [5.41, 5.74) is 2.59. The van der Waals surface area contributed by atoms with Gasteiger partial charge in [0.05, 0.1) is 6.10 Å². The lowest BCUT2D eigenvalue weighted by atomic mass is 9.47. The van der Waals surface area contributed by atoms with Crippen LogP contribution >= 0.6 is 0 Å². The molecule has 166 valence electrons. The van der Waals surface area contributed by atoms with E-state index in [9.17, 15) is 5.11 Å². The van der Waals surface area contributed by atoms with E-state index in [1.54, 1.807) is 5.57 Å². The first-order chi connectivity index (χ1) is 13.7. The molecule has 29 heavy (non-hydrogen) atoms. The van der Waals surface area contributed by atoms with Gasteiger partial charge in [-0.2, -0.15) is 0 Å². The number of allylic oxidation sites excluding steroid dienone is 1. The second kappa shape index (κ2) is 7.99. The summed E-state index contributed by atoms with van der Waals surface area (Å²) in [6.45, 7) is 15.1. The maximum absolute atomic E-state index is 10.2. The van der Waals surface area contributed by atoms with Gasteiger partial charge in [0.2, 0.25) is 0 Å². The highest BCUT2D eigenvalue weighted by Crippen LogP contribution is 2.67. The highest BCUT2D eigenvalue weighted by atomic mass is 16.3. The number of hydrogen-bond donors (Lipinski definition) is 1. The standard InChI is InChI=1S/C28H48O/c1-18(2)19(3)7-8-20(4)24-11-12-25-23-10-9-21-17-22(29)13-15-27(21,5)26(23)14-16-28(24,25)6/h9,18-20,22-26,29H,7-8,10-17H2,1-6H3/t19-,20+,22-,23-,24+,25-,26-,27-,28+/m0/s1. The van der Waals surface area contributed by atoms with Crippen molar-refractivity contribution in [3.05, 3.63) is 11.6 Å². The second-order valence-electron chi connectivity index (χ2n) is 12.7. The molecule has 0 heterocycles. The zero-order valence-electron chi connectivity index (χ0n) is 20.2. The lowest BCUT2D eigenvalue weighted by molar-refractivity contribution is -0.0574. The Kier molecular flexibility index (Phi) is 6.04. The van der Waals surface area contributed by atoms with Gasteiger partial charge in [0.15, 0.2) is 0 Å². The molecule has 3 saturated carbocycles. The Morgan fingerprint density at radius 2 is 1.72 bits per heavy atom. The van der Waals surface area contributed by atoms with Crippen LogP contribution in [0.1, 0.15) is 106 Å². The molecule has 1 heteroatoms. The summed E-state index contributed by atoms with van der Waals surface area (Å²) in [4.78, 5) is 0. The fraction of sp³-hybridized carbons (Fsp3) is 0.929. The Morgan fingerprint density at radius 3 is 2.45 bits per heavy atom. The molecule has 0 unspecified atom stereocenters. The molecular weight excluding hydrogens is 352 g/mol. The number of aliphatic hydroxyl groups is 1. The van der Waals surface area contributed by atoms with E-state index in [1.807, 2.05) is 0 Å². The van der Waals surface area contributed by atoms with Gasteiger partial charge in [-0.15, -0.1) is 0 Å². The molecule has 0 spiro atoms. The summed E-state index contributed by atoms with van der Waals surface area (Å²) in [5.74, 6) is 6.24. The molecule has 0 radical (unpaired) electrons. The van der Waals surface area contributed by atoms with Gasteiger partial charge in [-0.1, -0.05) is 66.0 Å². The summed E-state index contributed by atoms with van der Waals surface area (Å²) in [6.07, 6.45) is 15.7. The third-order valence-electron chi connectivity index (χ3n) is 11.1. The SMILES string of the molecule is CC(C)[C@@H](C)CC[C@@H](C)[C@H]1CC[C@H]2[C@@H]3CC=C4C[C@@H](O)CC[C@]4(C)[C@H]3CC[C@]12C. The van der Waals surface area contributed by atoms with E-state index in [2.05, 4.69) is 47.6 Å². The highest BCUT2D eigenvalue weighted by Gasteiger charge is 2.59. The van der Waals surface area contributed by atoms with Gasteiger partial charge in [0, 0.05) is 0 Å². The minimum absolute atomic E-state index is 0.0790. The Balaban J connectivity index is 1.49. The van der Waals surface area contributed by atoms with E-state index < -0.39 is 0 Å². The summed E-state index contributed by atoms with van der Waals surface area (Å²) in [5, 5.41) is 10.2. The zero-order chi connectivity index (χ0) is 21.0. The average Bonchev–Trinajstić information content (AvgIpc) is 3.03. The third-order valence-corrected chi connectivity index (χ3v) is 11.1. The predicted octanol–water partition coefficient (Wildman–Crippen LogP) is 7.63. The Bertz CT molecular complexity index is 620. The molecule has 0 aliphatic heterocycles. The van der Waals surface area contributed by atoms with E-state index in [0.717, 1.165) is 54.3 Å². The highest BCUT2D eigenvalue weighted by molar-refractivity contribution is 5.25. The van der Waals surface area contributed by atoms with Crippen molar-refractivity contribution in [1.82, 2.24) is 0 Å². The molecule has 1 nitrogen and oxygen atoms in total. The molecule has 4 aliphatic carbocycles. The van der Waals surface area contributed by atoms with Crippen molar-refractivity contribution in [3.63, 3.8) is 0 Å². The number of fused-ring (bicyclic) bond motifs is 5. The average molecular weight is 401 g/mol. The number of hydrogen-bond acceptors (Lipinski definition) is 1.